The van der Waals surface area contributed by atoms with Crippen LogP contribution in [0.25, 0.3) is 0 Å². The maximum Gasteiger partial charge on any atom is 2.00 e. The number of rotatable bonds is 0. The van der Waals surface area contributed by atoms with E-state index in [1.54, 1.807) is 0 Å². The third-order valence-corrected chi connectivity index (χ3v) is 4.29. The van der Waals surface area contributed by atoms with Gasteiger partial charge < -0.3 is 14.9 Å². The van der Waals surface area contributed by atoms with Crippen LogP contribution in [0.15, 0.2) is 0 Å². The number of hydrogen-bond acceptors (Lipinski definition) is 0. The van der Waals surface area contributed by atoms with E-state index < -0.39 is 0 Å². The Morgan fingerprint density at radius 3 is 0.895 bits per heavy atom. The smallest absolute Gasteiger partial charge is 0.358 e. The summed E-state index contributed by atoms with van der Waals surface area (Å²) in [6.07, 6.45) is 17.9. The van der Waals surface area contributed by atoms with Gasteiger partial charge in [0, 0.05) is 0 Å². The second kappa shape index (κ2) is 16.7. The van der Waals surface area contributed by atoms with Crippen molar-refractivity contribution in [2.45, 2.75) is 90.9 Å². The van der Waals surface area contributed by atoms with Crippen LogP contribution in [-0.4, -0.2) is 0 Å². The molecule has 2 aliphatic rings. The Balaban J connectivity index is -0.000000233. The molecule has 2 aliphatic carbocycles. The summed E-state index contributed by atoms with van der Waals surface area (Å²) in [6.45, 7) is 4.76. The Hall–Kier alpha value is 0.623. The summed E-state index contributed by atoms with van der Waals surface area (Å²) in [6, 6.07) is 0. The van der Waals surface area contributed by atoms with E-state index in [0.29, 0.717) is 0 Å². The molecule has 0 atom stereocenters. The van der Waals surface area contributed by atoms with Gasteiger partial charge in [0.05, 0.1) is 0 Å². The van der Waals surface area contributed by atoms with Gasteiger partial charge in [-0.3, -0.25) is 0 Å². The van der Waals surface area contributed by atoms with Crippen LogP contribution in [-0.2, 0) is 19.5 Å². The first-order chi connectivity index (χ1) is 7.79. The average Bonchev–Trinajstić information content (AvgIpc) is 2.64. The zero-order valence-electron chi connectivity index (χ0n) is 14.0. The van der Waals surface area contributed by atoms with E-state index in [1.165, 1.54) is 77.0 Å². The predicted molar refractivity (Wildman–Crippen MR) is 86.6 cm³/mol. The van der Waals surface area contributed by atoms with Gasteiger partial charge in [-0.1, -0.05) is 90.9 Å². The molecule has 2 fully saturated rings. The van der Waals surface area contributed by atoms with Gasteiger partial charge in [0.25, 0.3) is 0 Å². The van der Waals surface area contributed by atoms with Crippen molar-refractivity contribution in [3.8, 4) is 0 Å². The zero-order chi connectivity index (χ0) is 11.6. The molecule has 0 aliphatic heterocycles. The van der Waals surface area contributed by atoms with Crippen molar-refractivity contribution >= 4 is 0 Å². The Morgan fingerprint density at radius 2 is 0.684 bits per heavy atom. The molecule has 0 radical (unpaired) electrons. The molecule has 118 valence electrons. The molecule has 0 heterocycles. The maximum atomic E-state index is 2.38. The van der Waals surface area contributed by atoms with Crippen molar-refractivity contribution in [1.29, 1.82) is 0 Å². The van der Waals surface area contributed by atoms with E-state index in [0.717, 1.165) is 11.8 Å². The third-order valence-electron chi connectivity index (χ3n) is 4.29. The quantitative estimate of drug-likeness (QED) is 0.253. The van der Waals surface area contributed by atoms with Gasteiger partial charge >= 0.3 is 19.5 Å². The molecular formula is C18H38Ru. The van der Waals surface area contributed by atoms with Crippen molar-refractivity contribution < 1.29 is 19.5 Å². The molecule has 0 saturated heterocycles. The van der Waals surface area contributed by atoms with Gasteiger partial charge in [-0.2, -0.15) is 0 Å². The molecule has 0 unspecified atom stereocenters. The maximum absolute atomic E-state index is 2.38. The van der Waals surface area contributed by atoms with E-state index in [2.05, 4.69) is 13.8 Å². The molecule has 0 spiro atoms. The van der Waals surface area contributed by atoms with Crippen molar-refractivity contribution in [3.63, 3.8) is 0 Å². The fourth-order valence-corrected chi connectivity index (χ4v) is 2.97. The van der Waals surface area contributed by atoms with Crippen LogP contribution < -0.4 is 0 Å². The molecule has 1 heteroatoms. The van der Waals surface area contributed by atoms with Crippen LogP contribution in [0.1, 0.15) is 90.9 Å². The first-order valence-corrected chi connectivity index (χ1v) is 7.79. The van der Waals surface area contributed by atoms with Gasteiger partial charge in [0.1, 0.15) is 0 Å². The Morgan fingerprint density at radius 1 is 0.474 bits per heavy atom. The van der Waals surface area contributed by atoms with Gasteiger partial charge in [-0.15, -0.1) is 0 Å². The fraction of sp³-hybridized carbons (Fsp3) is 0.889. The van der Waals surface area contributed by atoms with Crippen LogP contribution >= 0.6 is 0 Å². The normalized spacial score (nSPS) is 21.2. The second-order valence-electron chi connectivity index (χ2n) is 6.19. The van der Waals surface area contributed by atoms with Crippen LogP contribution in [0.5, 0.6) is 0 Å². The minimum absolute atomic E-state index is 0. The zero-order valence-corrected chi connectivity index (χ0v) is 15.7. The summed E-state index contributed by atoms with van der Waals surface area (Å²) >= 11 is 0. The topological polar surface area (TPSA) is 0 Å². The Bertz CT molecular complexity index is 122. The van der Waals surface area contributed by atoms with Crippen molar-refractivity contribution in [1.82, 2.24) is 0 Å². The molecule has 0 nitrogen and oxygen atoms in total. The minimum Gasteiger partial charge on any atom is -0.358 e. The van der Waals surface area contributed by atoms with Gasteiger partial charge in [-0.25, -0.2) is 0 Å². The molecule has 0 aromatic rings. The Kier molecular flexibility index (Phi) is 21.6. The van der Waals surface area contributed by atoms with Gasteiger partial charge in [0.15, 0.2) is 0 Å². The molecule has 0 amide bonds. The van der Waals surface area contributed by atoms with E-state index in [1.807, 2.05) is 0 Å². The molecule has 0 aromatic heterocycles. The minimum atomic E-state index is 0. The molecule has 0 bridgehead atoms. The Labute approximate surface area is 137 Å². The predicted octanol–water partition coefficient (Wildman–Crippen LogP) is 6.85. The van der Waals surface area contributed by atoms with Gasteiger partial charge in [0.2, 0.25) is 0 Å². The SMILES string of the molecule is CC1CCCCCC1.CC1CCCCCC1.[CH3-].[CH3-].[Ru+2]. The molecule has 19 heavy (non-hydrogen) atoms. The summed E-state index contributed by atoms with van der Waals surface area (Å²) in [5, 5.41) is 0. The summed E-state index contributed by atoms with van der Waals surface area (Å²) in [7, 11) is 0. The fourth-order valence-electron chi connectivity index (χ4n) is 2.97. The average molecular weight is 356 g/mol. The van der Waals surface area contributed by atoms with Gasteiger partial charge in [-0.05, 0) is 11.8 Å². The van der Waals surface area contributed by atoms with Crippen molar-refractivity contribution in [2.24, 2.45) is 11.8 Å². The van der Waals surface area contributed by atoms with Crippen molar-refractivity contribution in [3.05, 3.63) is 14.9 Å². The molecule has 0 aromatic carbocycles. The van der Waals surface area contributed by atoms with Crippen LogP contribution in [0, 0.1) is 26.7 Å². The largest absolute Gasteiger partial charge is 2.00 e. The van der Waals surface area contributed by atoms with E-state index >= 15 is 0 Å². The first-order valence-electron chi connectivity index (χ1n) is 7.79. The molecule has 0 N–H and O–H groups in total. The summed E-state index contributed by atoms with van der Waals surface area (Å²) in [5.41, 5.74) is 0. The second-order valence-corrected chi connectivity index (χ2v) is 6.19. The third kappa shape index (κ3) is 14.8. The molecule has 2 rings (SSSR count). The summed E-state index contributed by atoms with van der Waals surface area (Å²) < 4.78 is 0. The molecular weight excluding hydrogens is 317 g/mol. The van der Waals surface area contributed by atoms with Crippen LogP contribution in [0.4, 0.5) is 0 Å². The molecule has 2 saturated carbocycles. The van der Waals surface area contributed by atoms with E-state index in [-0.39, 0.29) is 34.3 Å². The first kappa shape index (κ1) is 24.6. The number of hydrogen-bond donors (Lipinski definition) is 0. The summed E-state index contributed by atoms with van der Waals surface area (Å²) in [4.78, 5) is 0. The van der Waals surface area contributed by atoms with E-state index in [4.69, 9.17) is 0 Å². The summed E-state index contributed by atoms with van der Waals surface area (Å²) in [5.74, 6) is 2.05. The standard InChI is InChI=1S/2C8H16.2CH3.Ru/c2*1-8-6-4-2-3-5-7-8;;;/h2*8H,2-7H2,1H3;2*1H3;/q;;2*-1;+2. The van der Waals surface area contributed by atoms with E-state index in [9.17, 15) is 0 Å². The van der Waals surface area contributed by atoms with Crippen LogP contribution in [0.2, 0.25) is 0 Å². The van der Waals surface area contributed by atoms with Crippen LogP contribution in [0.3, 0.4) is 0 Å². The van der Waals surface area contributed by atoms with Crippen molar-refractivity contribution in [2.75, 3.05) is 0 Å². The monoisotopic (exact) mass is 356 g/mol.